The average Bonchev–Trinajstić information content (AvgIpc) is 2.38. The molecule has 0 radical (unpaired) electrons. The maximum atomic E-state index is 9.78. The Kier molecular flexibility index (Phi) is 3.85. The number of phenolic OH excluding ortho intramolecular Hbond substituents is 1. The van der Waals surface area contributed by atoms with Gasteiger partial charge in [-0.15, -0.1) is 0 Å². The molecule has 1 fully saturated rings. The first-order chi connectivity index (χ1) is 8.63. The van der Waals surface area contributed by atoms with E-state index in [1.807, 2.05) is 26.0 Å². The summed E-state index contributed by atoms with van der Waals surface area (Å²) in [7, 11) is 0. The molecule has 1 N–H and O–H groups in total. The van der Waals surface area contributed by atoms with Gasteiger partial charge in [-0.05, 0) is 42.7 Å². The number of aryl methyl sites for hydroxylation is 2. The van der Waals surface area contributed by atoms with Gasteiger partial charge in [0.05, 0.1) is 19.3 Å². The predicted octanol–water partition coefficient (Wildman–Crippen LogP) is 1.91. The van der Waals surface area contributed by atoms with Crippen molar-refractivity contribution in [3.05, 3.63) is 28.8 Å². The third-order valence-corrected chi connectivity index (χ3v) is 3.36. The number of ether oxygens (including phenoxy) is 1. The number of morpholine rings is 1. The van der Waals surface area contributed by atoms with Crippen molar-refractivity contribution in [3.8, 4) is 11.8 Å². The summed E-state index contributed by atoms with van der Waals surface area (Å²) in [5.41, 5.74) is 2.59. The monoisotopic (exact) mass is 246 g/mol. The molecule has 1 heterocycles. The van der Waals surface area contributed by atoms with E-state index in [0.29, 0.717) is 19.0 Å². The van der Waals surface area contributed by atoms with Crippen molar-refractivity contribution in [1.29, 1.82) is 5.26 Å². The lowest BCUT2D eigenvalue weighted by atomic mass is 9.99. The molecule has 0 aromatic heterocycles. The summed E-state index contributed by atoms with van der Waals surface area (Å²) < 4.78 is 5.31. The van der Waals surface area contributed by atoms with Gasteiger partial charge in [-0.25, -0.2) is 0 Å². The third-order valence-electron chi connectivity index (χ3n) is 3.36. The van der Waals surface area contributed by atoms with Crippen LogP contribution in [-0.2, 0) is 4.74 Å². The number of rotatable bonds is 2. The molecule has 0 amide bonds. The molecule has 1 atom stereocenters. The molecule has 0 saturated carbocycles. The van der Waals surface area contributed by atoms with Crippen LogP contribution in [0.2, 0.25) is 0 Å². The summed E-state index contributed by atoms with van der Waals surface area (Å²) in [5.74, 6) is 0.317. The van der Waals surface area contributed by atoms with Crippen LogP contribution in [0.1, 0.15) is 22.7 Å². The summed E-state index contributed by atoms with van der Waals surface area (Å²) in [6.07, 6.45) is 0. The van der Waals surface area contributed by atoms with E-state index in [0.717, 1.165) is 29.8 Å². The van der Waals surface area contributed by atoms with Crippen molar-refractivity contribution in [2.45, 2.75) is 19.9 Å². The lowest BCUT2D eigenvalue weighted by Crippen LogP contribution is -2.38. The van der Waals surface area contributed by atoms with E-state index in [9.17, 15) is 10.4 Å². The number of nitriles is 1. The molecule has 2 rings (SSSR count). The molecule has 4 nitrogen and oxygen atoms in total. The summed E-state index contributed by atoms with van der Waals surface area (Å²) >= 11 is 0. The minimum absolute atomic E-state index is 0.258. The van der Waals surface area contributed by atoms with Crippen LogP contribution < -0.4 is 0 Å². The van der Waals surface area contributed by atoms with Crippen molar-refractivity contribution in [2.24, 2.45) is 0 Å². The Morgan fingerprint density at radius 3 is 2.33 bits per heavy atom. The molecule has 0 spiro atoms. The molecular formula is C14H18N2O2. The number of benzene rings is 1. The third kappa shape index (κ3) is 2.47. The fraction of sp³-hybridized carbons (Fsp3) is 0.500. The topological polar surface area (TPSA) is 56.5 Å². The summed E-state index contributed by atoms with van der Waals surface area (Å²) in [6.45, 7) is 6.62. The lowest BCUT2D eigenvalue weighted by molar-refractivity contribution is 0.0266. The number of phenols is 1. The summed E-state index contributed by atoms with van der Waals surface area (Å²) in [6, 6.07) is 5.88. The van der Waals surface area contributed by atoms with Crippen LogP contribution in [0.4, 0.5) is 0 Å². The van der Waals surface area contributed by atoms with Gasteiger partial charge >= 0.3 is 0 Å². The van der Waals surface area contributed by atoms with Gasteiger partial charge in [-0.2, -0.15) is 5.26 Å². The van der Waals surface area contributed by atoms with E-state index in [1.54, 1.807) is 0 Å². The van der Waals surface area contributed by atoms with Gasteiger partial charge in [-0.3, -0.25) is 4.90 Å². The molecule has 1 aromatic carbocycles. The second-order valence-electron chi connectivity index (χ2n) is 4.68. The highest BCUT2D eigenvalue weighted by molar-refractivity contribution is 5.44. The fourth-order valence-electron chi connectivity index (χ4n) is 2.35. The van der Waals surface area contributed by atoms with Crippen molar-refractivity contribution < 1.29 is 9.84 Å². The van der Waals surface area contributed by atoms with Crippen LogP contribution in [-0.4, -0.2) is 36.3 Å². The smallest absolute Gasteiger partial charge is 0.124 e. The highest BCUT2D eigenvalue weighted by atomic mass is 16.5. The maximum Gasteiger partial charge on any atom is 0.124 e. The first-order valence-electron chi connectivity index (χ1n) is 6.15. The Balaban J connectivity index is 2.30. The van der Waals surface area contributed by atoms with Gasteiger partial charge in [0.2, 0.25) is 0 Å². The number of hydrogen-bond acceptors (Lipinski definition) is 4. The molecule has 1 aliphatic heterocycles. The molecular weight excluding hydrogens is 228 g/mol. The molecule has 0 aliphatic carbocycles. The van der Waals surface area contributed by atoms with Crippen LogP contribution in [0.25, 0.3) is 0 Å². The zero-order chi connectivity index (χ0) is 13.1. The van der Waals surface area contributed by atoms with Gasteiger partial charge in [0.15, 0.2) is 0 Å². The zero-order valence-electron chi connectivity index (χ0n) is 10.8. The van der Waals surface area contributed by atoms with E-state index >= 15 is 0 Å². The molecule has 1 saturated heterocycles. The zero-order valence-corrected chi connectivity index (χ0v) is 10.8. The molecule has 1 aliphatic rings. The van der Waals surface area contributed by atoms with Crippen LogP contribution in [0, 0.1) is 25.2 Å². The van der Waals surface area contributed by atoms with Gasteiger partial charge in [-0.1, -0.05) is 0 Å². The van der Waals surface area contributed by atoms with Crippen LogP contribution in [0.15, 0.2) is 12.1 Å². The van der Waals surface area contributed by atoms with Crippen molar-refractivity contribution >= 4 is 0 Å². The second kappa shape index (κ2) is 5.38. The molecule has 4 heteroatoms. The van der Waals surface area contributed by atoms with Gasteiger partial charge in [0, 0.05) is 13.1 Å². The van der Waals surface area contributed by atoms with E-state index in [2.05, 4.69) is 11.0 Å². The Morgan fingerprint density at radius 2 is 1.83 bits per heavy atom. The van der Waals surface area contributed by atoms with Crippen molar-refractivity contribution in [2.75, 3.05) is 26.3 Å². The van der Waals surface area contributed by atoms with Gasteiger partial charge in [0.1, 0.15) is 11.8 Å². The Bertz CT molecular complexity index is 450. The normalized spacial score (nSPS) is 18.3. The molecule has 18 heavy (non-hydrogen) atoms. The van der Waals surface area contributed by atoms with E-state index in [4.69, 9.17) is 4.74 Å². The van der Waals surface area contributed by atoms with Crippen molar-refractivity contribution in [1.82, 2.24) is 4.90 Å². The molecule has 1 aromatic rings. The SMILES string of the molecule is Cc1cc(C(C#N)N2CCOCC2)cc(C)c1O. The first kappa shape index (κ1) is 12.9. The van der Waals surface area contributed by atoms with E-state index in [1.165, 1.54) is 0 Å². The minimum Gasteiger partial charge on any atom is -0.507 e. The molecule has 96 valence electrons. The number of hydrogen-bond donors (Lipinski definition) is 1. The maximum absolute atomic E-state index is 9.78. The molecule has 0 bridgehead atoms. The molecule has 1 unspecified atom stereocenters. The Morgan fingerprint density at radius 1 is 1.28 bits per heavy atom. The summed E-state index contributed by atoms with van der Waals surface area (Å²) in [4.78, 5) is 2.12. The quantitative estimate of drug-likeness (QED) is 0.866. The first-order valence-corrected chi connectivity index (χ1v) is 6.15. The Labute approximate surface area is 107 Å². The van der Waals surface area contributed by atoms with E-state index in [-0.39, 0.29) is 6.04 Å². The van der Waals surface area contributed by atoms with Crippen molar-refractivity contribution in [3.63, 3.8) is 0 Å². The Hall–Kier alpha value is -1.57. The number of nitrogens with zero attached hydrogens (tertiary/aromatic N) is 2. The fourth-order valence-corrected chi connectivity index (χ4v) is 2.35. The largest absolute Gasteiger partial charge is 0.507 e. The second-order valence-corrected chi connectivity index (χ2v) is 4.68. The standard InChI is InChI=1S/C14H18N2O2/c1-10-7-12(8-11(2)14(10)17)13(9-15)16-3-5-18-6-4-16/h7-8,13,17H,3-6H2,1-2H3. The van der Waals surface area contributed by atoms with Crippen LogP contribution in [0.5, 0.6) is 5.75 Å². The highest BCUT2D eigenvalue weighted by Crippen LogP contribution is 2.28. The van der Waals surface area contributed by atoms with Gasteiger partial charge < -0.3 is 9.84 Å². The summed E-state index contributed by atoms with van der Waals surface area (Å²) in [5, 5.41) is 19.2. The number of aromatic hydroxyl groups is 1. The predicted molar refractivity (Wildman–Crippen MR) is 68.3 cm³/mol. The van der Waals surface area contributed by atoms with Gasteiger partial charge in [0.25, 0.3) is 0 Å². The van der Waals surface area contributed by atoms with E-state index < -0.39 is 0 Å². The average molecular weight is 246 g/mol. The van der Waals surface area contributed by atoms with Crippen LogP contribution >= 0.6 is 0 Å². The lowest BCUT2D eigenvalue weighted by Gasteiger charge is -2.31. The minimum atomic E-state index is -0.258. The van der Waals surface area contributed by atoms with Crippen LogP contribution in [0.3, 0.4) is 0 Å². The highest BCUT2D eigenvalue weighted by Gasteiger charge is 2.23.